The molecule has 4 nitrogen and oxygen atoms in total. The molecular weight excluding hydrogens is 322 g/mol. The number of hydrogen-bond acceptors (Lipinski definition) is 3. The molecule has 2 aromatic rings. The van der Waals surface area contributed by atoms with Gasteiger partial charge in [0.05, 0.1) is 6.61 Å². The molecule has 22 heavy (non-hydrogen) atoms. The number of aliphatic hydroxyl groups is 1. The van der Waals surface area contributed by atoms with Gasteiger partial charge in [0.25, 0.3) is 0 Å². The summed E-state index contributed by atoms with van der Waals surface area (Å²) in [7, 11) is -3.59. The fourth-order valence-electron chi connectivity index (χ4n) is 1.88. The van der Waals surface area contributed by atoms with E-state index in [1.54, 1.807) is 48.5 Å². The topological polar surface area (TPSA) is 66.4 Å². The maximum absolute atomic E-state index is 12.0. The molecule has 2 N–H and O–H groups in total. The smallest absolute Gasteiger partial charge is 0.234 e. The first-order chi connectivity index (χ1) is 10.5. The number of hydrogen-bond donors (Lipinski definition) is 2. The minimum atomic E-state index is -3.59. The van der Waals surface area contributed by atoms with Crippen LogP contribution in [0, 0.1) is 0 Å². The van der Waals surface area contributed by atoms with Crippen LogP contribution in [0.15, 0.2) is 53.9 Å². The van der Waals surface area contributed by atoms with Crippen molar-refractivity contribution in [1.29, 1.82) is 0 Å². The van der Waals surface area contributed by atoms with Gasteiger partial charge in [-0.1, -0.05) is 54.1 Å². The minimum absolute atomic E-state index is 0.117. The van der Waals surface area contributed by atoms with E-state index in [9.17, 15) is 13.5 Å². The molecule has 0 bridgehead atoms. The van der Waals surface area contributed by atoms with Crippen LogP contribution < -0.4 is 4.72 Å². The zero-order chi connectivity index (χ0) is 16.0. The van der Waals surface area contributed by atoms with Crippen molar-refractivity contribution in [2.24, 2.45) is 0 Å². The molecule has 0 aromatic heterocycles. The van der Waals surface area contributed by atoms with Gasteiger partial charge in [-0.3, -0.25) is 0 Å². The lowest BCUT2D eigenvalue weighted by atomic mass is 10.1. The second kappa shape index (κ2) is 7.56. The average Bonchev–Trinajstić information content (AvgIpc) is 2.52. The van der Waals surface area contributed by atoms with Gasteiger partial charge in [-0.25, -0.2) is 13.1 Å². The van der Waals surface area contributed by atoms with E-state index in [0.717, 1.165) is 11.0 Å². The predicted molar refractivity (Wildman–Crippen MR) is 88.6 cm³/mol. The molecule has 2 rings (SSSR count). The third-order valence-corrected chi connectivity index (χ3v) is 4.47. The first kappa shape index (κ1) is 16.7. The molecule has 6 heteroatoms. The maximum Gasteiger partial charge on any atom is 0.234 e. The SMILES string of the molecule is O=S(=O)(/C=C/c1ccccc1Cl)NCc1ccccc1CO. The van der Waals surface area contributed by atoms with E-state index >= 15 is 0 Å². The maximum atomic E-state index is 12.0. The summed E-state index contributed by atoms with van der Waals surface area (Å²) in [6.07, 6.45) is 1.45. The van der Waals surface area contributed by atoms with Crippen molar-refractivity contribution in [3.05, 3.63) is 75.7 Å². The lowest BCUT2D eigenvalue weighted by Gasteiger charge is -2.07. The second-order valence-electron chi connectivity index (χ2n) is 4.62. The lowest BCUT2D eigenvalue weighted by Crippen LogP contribution is -2.21. The number of rotatable bonds is 6. The number of benzene rings is 2. The van der Waals surface area contributed by atoms with Crippen LogP contribution in [-0.4, -0.2) is 13.5 Å². The Morgan fingerprint density at radius 3 is 2.36 bits per heavy atom. The van der Waals surface area contributed by atoms with E-state index < -0.39 is 10.0 Å². The van der Waals surface area contributed by atoms with E-state index in [1.807, 2.05) is 0 Å². The quantitative estimate of drug-likeness (QED) is 0.851. The molecule has 0 radical (unpaired) electrons. The number of nitrogens with one attached hydrogen (secondary N) is 1. The van der Waals surface area contributed by atoms with Crippen LogP contribution in [0.2, 0.25) is 5.02 Å². The summed E-state index contributed by atoms with van der Waals surface area (Å²) < 4.78 is 26.4. The Labute approximate surface area is 135 Å². The van der Waals surface area contributed by atoms with Gasteiger partial charge in [-0.2, -0.15) is 0 Å². The van der Waals surface area contributed by atoms with Crippen molar-refractivity contribution in [2.45, 2.75) is 13.2 Å². The van der Waals surface area contributed by atoms with Crippen molar-refractivity contribution < 1.29 is 13.5 Å². The van der Waals surface area contributed by atoms with Gasteiger partial charge in [0.1, 0.15) is 0 Å². The van der Waals surface area contributed by atoms with Gasteiger partial charge in [-0.15, -0.1) is 0 Å². The molecule has 0 amide bonds. The Bertz CT molecular complexity index is 772. The highest BCUT2D eigenvalue weighted by atomic mass is 35.5. The molecule has 0 saturated heterocycles. The summed E-state index contributed by atoms with van der Waals surface area (Å²) in [5.74, 6) is 0. The third kappa shape index (κ3) is 4.68. The first-order valence-corrected chi connectivity index (χ1v) is 8.54. The fourth-order valence-corrected chi connectivity index (χ4v) is 2.86. The standard InChI is InChI=1S/C16H16ClNO3S/c17-16-8-4-3-5-13(16)9-10-22(20,21)18-11-14-6-1-2-7-15(14)12-19/h1-10,18-19H,11-12H2/b10-9+. The molecule has 116 valence electrons. The molecule has 0 fully saturated rings. The van der Waals surface area contributed by atoms with E-state index in [-0.39, 0.29) is 13.2 Å². The normalized spacial score (nSPS) is 11.9. The minimum Gasteiger partial charge on any atom is -0.392 e. The van der Waals surface area contributed by atoms with Crippen LogP contribution in [0.3, 0.4) is 0 Å². The lowest BCUT2D eigenvalue weighted by molar-refractivity contribution is 0.280. The Balaban J connectivity index is 2.07. The van der Waals surface area contributed by atoms with E-state index in [1.165, 1.54) is 6.08 Å². The number of halogens is 1. The highest BCUT2D eigenvalue weighted by Gasteiger charge is 2.07. The summed E-state index contributed by atoms with van der Waals surface area (Å²) in [5.41, 5.74) is 2.06. The van der Waals surface area contributed by atoms with E-state index in [0.29, 0.717) is 16.1 Å². The first-order valence-electron chi connectivity index (χ1n) is 6.62. The second-order valence-corrected chi connectivity index (χ2v) is 6.68. The van der Waals surface area contributed by atoms with Crippen molar-refractivity contribution in [3.63, 3.8) is 0 Å². The molecule has 0 heterocycles. The van der Waals surface area contributed by atoms with Crippen LogP contribution in [0.4, 0.5) is 0 Å². The van der Waals surface area contributed by atoms with E-state index in [4.69, 9.17) is 11.6 Å². The summed E-state index contributed by atoms with van der Waals surface area (Å²) in [6.45, 7) is -0.0146. The largest absolute Gasteiger partial charge is 0.392 e. The molecule has 0 atom stereocenters. The summed E-state index contributed by atoms with van der Waals surface area (Å²) in [6, 6.07) is 14.1. The average molecular weight is 338 g/mol. The molecule has 0 aliphatic carbocycles. The monoisotopic (exact) mass is 337 g/mol. The van der Waals surface area contributed by atoms with Crippen LogP contribution in [0.25, 0.3) is 6.08 Å². The van der Waals surface area contributed by atoms with Crippen LogP contribution >= 0.6 is 11.6 Å². The Hall–Kier alpha value is -1.66. The molecule has 0 spiro atoms. The van der Waals surface area contributed by atoms with Crippen molar-refractivity contribution in [3.8, 4) is 0 Å². The molecule has 0 aliphatic rings. The van der Waals surface area contributed by atoms with Gasteiger partial charge in [0.15, 0.2) is 0 Å². The van der Waals surface area contributed by atoms with E-state index in [2.05, 4.69) is 4.72 Å². The summed E-state index contributed by atoms with van der Waals surface area (Å²) >= 11 is 5.97. The Kier molecular flexibility index (Phi) is 5.74. The predicted octanol–water partition coefficient (Wildman–Crippen LogP) is 2.92. The van der Waals surface area contributed by atoms with Crippen molar-refractivity contribution in [1.82, 2.24) is 4.72 Å². The van der Waals surface area contributed by atoms with Crippen LogP contribution in [-0.2, 0) is 23.2 Å². The van der Waals surface area contributed by atoms with Crippen LogP contribution in [0.5, 0.6) is 0 Å². The Morgan fingerprint density at radius 2 is 1.68 bits per heavy atom. The fraction of sp³-hybridized carbons (Fsp3) is 0.125. The zero-order valence-electron chi connectivity index (χ0n) is 11.7. The van der Waals surface area contributed by atoms with Gasteiger partial charge in [0, 0.05) is 17.0 Å². The van der Waals surface area contributed by atoms with Gasteiger partial charge >= 0.3 is 0 Å². The van der Waals surface area contributed by atoms with Crippen molar-refractivity contribution >= 4 is 27.7 Å². The molecule has 0 saturated carbocycles. The summed E-state index contributed by atoms with van der Waals surface area (Å²) in [5, 5.41) is 10.8. The molecule has 2 aromatic carbocycles. The van der Waals surface area contributed by atoms with Crippen LogP contribution in [0.1, 0.15) is 16.7 Å². The zero-order valence-corrected chi connectivity index (χ0v) is 13.3. The number of sulfonamides is 1. The van der Waals surface area contributed by atoms with Gasteiger partial charge < -0.3 is 5.11 Å². The third-order valence-electron chi connectivity index (χ3n) is 3.08. The van der Waals surface area contributed by atoms with Gasteiger partial charge in [0.2, 0.25) is 10.0 Å². The number of aliphatic hydroxyl groups excluding tert-OH is 1. The van der Waals surface area contributed by atoms with Crippen molar-refractivity contribution in [2.75, 3.05) is 0 Å². The molecule has 0 aliphatic heterocycles. The molecular formula is C16H16ClNO3S. The highest BCUT2D eigenvalue weighted by Crippen LogP contribution is 2.16. The molecule has 0 unspecified atom stereocenters. The Morgan fingerprint density at radius 1 is 1.05 bits per heavy atom. The van der Waals surface area contributed by atoms with Gasteiger partial charge in [-0.05, 0) is 28.8 Å². The highest BCUT2D eigenvalue weighted by molar-refractivity contribution is 7.92. The summed E-state index contributed by atoms with van der Waals surface area (Å²) in [4.78, 5) is 0.